The minimum atomic E-state index is -0.757. The van der Waals surface area contributed by atoms with Gasteiger partial charge in [-0.1, -0.05) is 42.5 Å². The summed E-state index contributed by atoms with van der Waals surface area (Å²) in [4.78, 5) is 47.9. The zero-order valence-corrected chi connectivity index (χ0v) is 25.7. The molecule has 228 valence electrons. The molecule has 3 aliphatic rings. The predicted molar refractivity (Wildman–Crippen MR) is 167 cm³/mol. The number of aromatic nitrogens is 1. The Hall–Kier alpha value is -3.81. The lowest BCUT2D eigenvalue weighted by Crippen LogP contribution is -2.54. The van der Waals surface area contributed by atoms with Crippen molar-refractivity contribution >= 4 is 28.8 Å². The Balaban J connectivity index is 1.19. The number of hydrogen-bond donors (Lipinski definition) is 2. The van der Waals surface area contributed by atoms with Gasteiger partial charge in [-0.3, -0.25) is 9.59 Å². The second-order valence-electron chi connectivity index (χ2n) is 13.6. The fourth-order valence-electron chi connectivity index (χ4n) is 7.47. The zero-order valence-electron chi connectivity index (χ0n) is 25.7. The van der Waals surface area contributed by atoms with E-state index in [0.29, 0.717) is 19.5 Å². The van der Waals surface area contributed by atoms with Crippen LogP contribution >= 0.6 is 0 Å². The summed E-state index contributed by atoms with van der Waals surface area (Å²) < 4.78 is 5.55. The molecule has 2 fully saturated rings. The van der Waals surface area contributed by atoms with E-state index in [0.717, 1.165) is 61.7 Å². The molecule has 0 radical (unpaired) electrons. The van der Waals surface area contributed by atoms with Crippen LogP contribution in [0.1, 0.15) is 81.9 Å². The highest BCUT2D eigenvalue weighted by Crippen LogP contribution is 2.52. The Labute approximate surface area is 254 Å². The van der Waals surface area contributed by atoms with Gasteiger partial charge in [-0.05, 0) is 82.1 Å². The number of ether oxygens (including phenoxy) is 1. The molecular weight excluding hydrogens is 540 g/mol. The summed E-state index contributed by atoms with van der Waals surface area (Å²) in [5.74, 6) is 0.0566. The van der Waals surface area contributed by atoms with Crippen molar-refractivity contribution in [2.24, 2.45) is 0 Å². The van der Waals surface area contributed by atoms with E-state index in [4.69, 9.17) is 4.74 Å². The van der Waals surface area contributed by atoms with Gasteiger partial charge in [0.25, 0.3) is 0 Å². The van der Waals surface area contributed by atoms with Gasteiger partial charge in [0.2, 0.25) is 11.8 Å². The van der Waals surface area contributed by atoms with Crippen molar-refractivity contribution in [2.45, 2.75) is 88.7 Å². The van der Waals surface area contributed by atoms with Crippen molar-refractivity contribution in [3.05, 3.63) is 71.4 Å². The highest BCUT2D eigenvalue weighted by Gasteiger charge is 2.49. The number of alkyl carbamates (subject to hydrolysis) is 1. The van der Waals surface area contributed by atoms with Gasteiger partial charge < -0.3 is 24.8 Å². The zero-order chi connectivity index (χ0) is 30.2. The van der Waals surface area contributed by atoms with Crippen molar-refractivity contribution in [3.63, 3.8) is 0 Å². The molecule has 8 heteroatoms. The summed E-state index contributed by atoms with van der Waals surface area (Å²) in [5.41, 5.74) is 3.63. The number of piperidine rings is 2. The maximum absolute atomic E-state index is 14.1. The first kappa shape index (κ1) is 29.3. The van der Waals surface area contributed by atoms with Crippen LogP contribution in [-0.2, 0) is 26.2 Å². The molecule has 6 rings (SSSR count). The third-order valence-electron chi connectivity index (χ3n) is 9.59. The van der Waals surface area contributed by atoms with Gasteiger partial charge in [0, 0.05) is 55.1 Å². The number of benzene rings is 2. The topological polar surface area (TPSA) is 94.7 Å². The van der Waals surface area contributed by atoms with Crippen LogP contribution in [0, 0.1) is 0 Å². The summed E-state index contributed by atoms with van der Waals surface area (Å²) in [6, 6.07) is 15.7. The van der Waals surface area contributed by atoms with Gasteiger partial charge in [0.15, 0.2) is 0 Å². The molecule has 43 heavy (non-hydrogen) atoms. The lowest BCUT2D eigenvalue weighted by atomic mass is 9.73. The van der Waals surface area contributed by atoms with Gasteiger partial charge >= 0.3 is 6.09 Å². The fourth-order valence-corrected chi connectivity index (χ4v) is 7.47. The maximum Gasteiger partial charge on any atom is 0.408 e. The minimum Gasteiger partial charge on any atom is -0.444 e. The second kappa shape index (κ2) is 11.7. The normalized spacial score (nSPS) is 20.6. The Morgan fingerprint density at radius 2 is 1.65 bits per heavy atom. The number of hydrogen-bond acceptors (Lipinski definition) is 4. The fraction of sp³-hybridized carbons (Fsp3) is 0.514. The van der Waals surface area contributed by atoms with E-state index < -0.39 is 17.7 Å². The molecule has 2 aromatic carbocycles. The number of likely N-dealkylation sites (tertiary alicyclic amines) is 2. The molecule has 1 aromatic heterocycles. The van der Waals surface area contributed by atoms with Crippen LogP contribution in [0.15, 0.2) is 54.7 Å². The van der Waals surface area contributed by atoms with Crippen LogP contribution in [0.5, 0.6) is 0 Å². The predicted octanol–water partition coefficient (Wildman–Crippen LogP) is 5.66. The molecular formula is C35H44N4O4. The number of amides is 3. The van der Waals surface area contributed by atoms with Crippen LogP contribution in [0.4, 0.5) is 4.79 Å². The smallest absolute Gasteiger partial charge is 0.408 e. The van der Waals surface area contributed by atoms with E-state index in [-0.39, 0.29) is 23.1 Å². The average Bonchev–Trinajstić information content (AvgIpc) is 3.55. The third kappa shape index (κ3) is 6.01. The van der Waals surface area contributed by atoms with E-state index in [1.165, 1.54) is 17.5 Å². The largest absolute Gasteiger partial charge is 0.444 e. The number of fused-ring (bicyclic) bond motifs is 3. The molecule has 2 saturated heterocycles. The number of para-hydroxylation sites is 1. The summed E-state index contributed by atoms with van der Waals surface area (Å²) in [6.45, 7) is 8.32. The number of rotatable bonds is 5. The maximum atomic E-state index is 14.1. The van der Waals surface area contributed by atoms with E-state index in [1.807, 2.05) is 62.2 Å². The quantitative estimate of drug-likeness (QED) is 0.405. The second-order valence-corrected chi connectivity index (χ2v) is 13.6. The van der Waals surface area contributed by atoms with E-state index in [9.17, 15) is 14.4 Å². The number of H-pyrrole nitrogens is 1. The molecule has 1 aliphatic carbocycles. The number of carbonyl (C=O) groups excluding carboxylic acids is 3. The number of carbonyl (C=O) groups is 3. The molecule has 2 unspecified atom stereocenters. The summed E-state index contributed by atoms with van der Waals surface area (Å²) >= 11 is 0. The lowest BCUT2D eigenvalue weighted by Gasteiger charge is -2.41. The van der Waals surface area contributed by atoms with Crippen molar-refractivity contribution in [3.8, 4) is 0 Å². The van der Waals surface area contributed by atoms with Crippen molar-refractivity contribution < 1.29 is 19.1 Å². The van der Waals surface area contributed by atoms with Crippen LogP contribution in [0.2, 0.25) is 0 Å². The van der Waals surface area contributed by atoms with Gasteiger partial charge in [-0.25, -0.2) is 4.79 Å². The first-order valence-corrected chi connectivity index (χ1v) is 15.9. The van der Waals surface area contributed by atoms with E-state index in [1.54, 1.807) is 0 Å². The molecule has 1 spiro atoms. The first-order valence-electron chi connectivity index (χ1n) is 15.9. The van der Waals surface area contributed by atoms with Crippen molar-refractivity contribution in [1.29, 1.82) is 0 Å². The molecule has 0 bridgehead atoms. The molecule has 2 aliphatic heterocycles. The van der Waals surface area contributed by atoms with Crippen LogP contribution in [0.3, 0.4) is 0 Å². The van der Waals surface area contributed by atoms with E-state index >= 15 is 0 Å². The van der Waals surface area contributed by atoms with Gasteiger partial charge in [0.1, 0.15) is 11.6 Å². The SMILES string of the molecule is CC(C)(C)OC(=O)NC(Cc1c[nH]c2ccccc12)C(=O)N1CCC2(CC1)CC(C(=O)N1CCCCC1)c1ccccc12. The molecule has 0 saturated carbocycles. The standard InChI is InChI=1S/C35H44N4O4/c1-34(2,3)43-33(42)37-30(21-24-23-36-29-14-8-6-11-25(24)29)32(41)39-19-15-35(16-20-39)22-27(26-12-5-7-13-28(26)35)31(40)38-17-9-4-10-18-38/h5-8,11-14,23,27,30,36H,4,9-10,15-22H2,1-3H3,(H,37,42). The van der Waals surface area contributed by atoms with Crippen molar-refractivity contribution in [1.82, 2.24) is 20.1 Å². The Morgan fingerprint density at radius 1 is 0.953 bits per heavy atom. The monoisotopic (exact) mass is 584 g/mol. The Kier molecular flexibility index (Phi) is 7.96. The molecule has 3 aromatic rings. The van der Waals surface area contributed by atoms with Gasteiger partial charge in [-0.15, -0.1) is 0 Å². The van der Waals surface area contributed by atoms with E-state index in [2.05, 4.69) is 33.4 Å². The third-order valence-corrected chi connectivity index (χ3v) is 9.59. The lowest BCUT2D eigenvalue weighted by molar-refractivity contribution is -0.136. The van der Waals surface area contributed by atoms with Gasteiger partial charge in [0.05, 0.1) is 5.92 Å². The highest BCUT2D eigenvalue weighted by molar-refractivity contribution is 5.89. The molecule has 2 atom stereocenters. The Bertz CT molecular complexity index is 1490. The average molecular weight is 585 g/mol. The Morgan fingerprint density at radius 3 is 2.40 bits per heavy atom. The minimum absolute atomic E-state index is 0.0989. The van der Waals surface area contributed by atoms with Gasteiger partial charge in [-0.2, -0.15) is 0 Å². The summed E-state index contributed by atoms with van der Waals surface area (Å²) in [6.07, 6.45) is 7.45. The van der Waals surface area contributed by atoms with Crippen LogP contribution in [0.25, 0.3) is 10.9 Å². The summed E-state index contributed by atoms with van der Waals surface area (Å²) in [5, 5.41) is 3.93. The highest BCUT2D eigenvalue weighted by atomic mass is 16.6. The summed E-state index contributed by atoms with van der Waals surface area (Å²) in [7, 11) is 0. The van der Waals surface area contributed by atoms with Crippen LogP contribution < -0.4 is 5.32 Å². The molecule has 3 amide bonds. The molecule has 3 heterocycles. The first-order chi connectivity index (χ1) is 20.6. The van der Waals surface area contributed by atoms with Crippen molar-refractivity contribution in [2.75, 3.05) is 26.2 Å². The molecule has 2 N–H and O–H groups in total. The number of nitrogens with zero attached hydrogens (tertiary/aromatic N) is 2. The number of aromatic amines is 1. The molecule has 8 nitrogen and oxygen atoms in total. The number of nitrogens with one attached hydrogen (secondary N) is 2. The van der Waals surface area contributed by atoms with Crippen LogP contribution in [-0.4, -0.2) is 70.5 Å².